The Hall–Kier alpha value is -2.14. The molecule has 1 aliphatic rings. The van der Waals surface area contributed by atoms with Gasteiger partial charge in [-0.25, -0.2) is 0 Å². The number of benzene rings is 3. The van der Waals surface area contributed by atoms with Gasteiger partial charge in [0.15, 0.2) is 29.1 Å². The van der Waals surface area contributed by atoms with E-state index in [0.29, 0.717) is 6.61 Å². The predicted molar refractivity (Wildman–Crippen MR) is 197 cm³/mol. The van der Waals surface area contributed by atoms with Crippen molar-refractivity contribution in [3.8, 4) is 33.4 Å². The molecule has 3 aromatic carbocycles. The van der Waals surface area contributed by atoms with Gasteiger partial charge in [-0.15, -0.1) is 11.3 Å². The highest BCUT2D eigenvalue weighted by Gasteiger charge is 2.33. The third-order valence-corrected chi connectivity index (χ3v) is 12.5. The maximum absolute atomic E-state index is 6.71. The molecule has 0 radical (unpaired) electrons. The summed E-state index contributed by atoms with van der Waals surface area (Å²) in [6.07, 6.45) is 4.22. The highest BCUT2D eigenvalue weighted by Crippen LogP contribution is 2.56. The Bertz CT molecular complexity index is 1480. The van der Waals surface area contributed by atoms with Crippen molar-refractivity contribution < 1.29 is 16.7 Å². The Labute approximate surface area is 279 Å². The number of hydrogen-bond donors (Lipinski definition) is 0. The molecule has 0 saturated carbocycles. The van der Waals surface area contributed by atoms with E-state index < -0.39 is 10.3 Å². The first-order chi connectivity index (χ1) is 20.5. The number of rotatable bonds is 8. The van der Waals surface area contributed by atoms with Crippen LogP contribution in [0.1, 0.15) is 65.7 Å². The van der Waals surface area contributed by atoms with Gasteiger partial charge in [0.1, 0.15) is 29.6 Å². The molecule has 236 valence electrons. The first kappa shape index (κ1) is 35.3. The van der Waals surface area contributed by atoms with Gasteiger partial charge < -0.3 is 21.6 Å². The molecule has 1 aliphatic heterocycles. The summed E-state index contributed by atoms with van der Waals surface area (Å²) in [5.41, 5.74) is 3.37. The van der Waals surface area contributed by atoms with Crippen LogP contribution in [-0.4, -0.2) is 49.4 Å². The molecular weight excluding hydrogens is 689 g/mol. The third kappa shape index (κ3) is 8.12. The van der Waals surface area contributed by atoms with Crippen LogP contribution in [0.4, 0.5) is 0 Å². The lowest BCUT2D eigenvalue weighted by molar-refractivity contribution is 0.244. The van der Waals surface area contributed by atoms with Crippen LogP contribution >= 0.6 is 44.7 Å². The lowest BCUT2D eigenvalue weighted by Gasteiger charge is -2.43. The molecule has 0 saturated heterocycles. The van der Waals surface area contributed by atoms with Crippen molar-refractivity contribution in [2.24, 2.45) is 0 Å². The topological polar surface area (TPSA) is 40.2 Å². The molecule has 0 fully saturated rings. The van der Waals surface area contributed by atoms with Gasteiger partial charge in [-0.2, -0.15) is 0 Å². The van der Waals surface area contributed by atoms with Gasteiger partial charge in [0.05, 0.1) is 0 Å². The number of halogens is 1. The van der Waals surface area contributed by atoms with Gasteiger partial charge in [-0.05, 0) is 95.4 Å². The molecule has 8 heteroatoms. The van der Waals surface area contributed by atoms with Gasteiger partial charge in [-0.3, -0.25) is 0 Å². The standard InChI is InChI=1S/C31H36INO4S2.2C2H6/c1-31(2,3)39(6,7)37-23-13-15-25-27(19-23)38-30-24-14-12-22(36-32)18-26(24)35-29(28(25)30)20-8-10-21(11-9-20)34-17-16-33(4)5;2*1-2/h8-15,18-19,29H,16-17H2,1-7H3;2*1-2H3. The molecule has 43 heavy (non-hydrogen) atoms. The number of fused-ring (bicyclic) bond motifs is 5. The average molecular weight is 738 g/mol. The molecule has 0 N–H and O–H groups in total. The van der Waals surface area contributed by atoms with Crippen LogP contribution in [0.15, 0.2) is 60.7 Å². The summed E-state index contributed by atoms with van der Waals surface area (Å²) in [5.74, 6) is 3.37. The van der Waals surface area contributed by atoms with E-state index in [2.05, 4.69) is 74.6 Å². The second-order valence-electron chi connectivity index (χ2n) is 11.4. The fourth-order valence-electron chi connectivity index (χ4n) is 4.32. The second-order valence-corrected chi connectivity index (χ2v) is 16.7. The monoisotopic (exact) mass is 737 g/mol. The number of nitrogens with zero attached hydrogens (tertiary/aromatic N) is 1. The maximum atomic E-state index is 6.71. The fourth-order valence-corrected chi connectivity index (χ4v) is 6.71. The molecule has 5 rings (SSSR count). The van der Waals surface area contributed by atoms with Crippen LogP contribution < -0.4 is 16.7 Å². The minimum absolute atomic E-state index is 0.0787. The number of hydrogen-bond acceptors (Lipinski definition) is 6. The Balaban J connectivity index is 0.00000121. The molecule has 1 atom stereocenters. The fraction of sp³-hybridized carbons (Fsp3) is 0.429. The zero-order valence-corrected chi connectivity index (χ0v) is 31.3. The maximum Gasteiger partial charge on any atom is 0.192 e. The zero-order chi connectivity index (χ0) is 31.9. The zero-order valence-electron chi connectivity index (χ0n) is 27.5. The highest BCUT2D eigenvalue weighted by atomic mass is 127. The van der Waals surface area contributed by atoms with E-state index in [1.807, 2.05) is 89.1 Å². The minimum Gasteiger partial charge on any atom is -0.492 e. The SMILES string of the molecule is CC.CC.CN(C)CCOc1ccc(C2Oc3cc(OI)ccc3-c3sc4cc(OS(C)(C)C(C)(C)C)ccc4c32)cc1. The predicted octanol–water partition coefficient (Wildman–Crippen LogP) is 10.9. The van der Waals surface area contributed by atoms with E-state index in [1.165, 1.54) is 20.5 Å². The van der Waals surface area contributed by atoms with Crippen molar-refractivity contribution in [2.75, 3.05) is 39.8 Å². The molecular formula is C35H48INO4S2. The molecule has 0 spiro atoms. The highest BCUT2D eigenvalue weighted by molar-refractivity contribution is 14.1. The van der Waals surface area contributed by atoms with Crippen molar-refractivity contribution in [3.63, 3.8) is 0 Å². The largest absolute Gasteiger partial charge is 0.492 e. The van der Waals surface area contributed by atoms with Crippen LogP contribution in [0.25, 0.3) is 20.5 Å². The van der Waals surface area contributed by atoms with E-state index in [-0.39, 0.29) is 10.9 Å². The van der Waals surface area contributed by atoms with E-state index in [9.17, 15) is 0 Å². The van der Waals surface area contributed by atoms with Crippen LogP contribution in [-0.2, 0) is 0 Å². The molecule has 4 aromatic rings. The van der Waals surface area contributed by atoms with Crippen molar-refractivity contribution in [1.29, 1.82) is 0 Å². The molecule has 0 amide bonds. The first-order valence-corrected chi connectivity index (χ1v) is 19.0. The van der Waals surface area contributed by atoms with Gasteiger partial charge in [0.2, 0.25) is 0 Å². The minimum atomic E-state index is -1.30. The van der Waals surface area contributed by atoms with Gasteiger partial charge >= 0.3 is 0 Å². The molecule has 0 bridgehead atoms. The van der Waals surface area contributed by atoms with Crippen LogP contribution in [0.2, 0.25) is 0 Å². The van der Waals surface area contributed by atoms with Crippen LogP contribution in [0, 0.1) is 0 Å². The van der Waals surface area contributed by atoms with E-state index >= 15 is 0 Å². The molecule has 1 aromatic heterocycles. The Kier molecular flexibility index (Phi) is 12.5. The molecule has 2 heterocycles. The number of likely N-dealkylation sites (N-methyl/N-ethyl adjacent to an activating group) is 1. The van der Waals surface area contributed by atoms with Gasteiger partial charge in [-0.1, -0.05) is 50.1 Å². The van der Waals surface area contributed by atoms with Crippen molar-refractivity contribution in [2.45, 2.75) is 59.3 Å². The van der Waals surface area contributed by atoms with Gasteiger partial charge in [0.25, 0.3) is 0 Å². The Morgan fingerprint density at radius 3 is 2.12 bits per heavy atom. The summed E-state index contributed by atoms with van der Waals surface area (Å²) in [6.45, 7) is 16.3. The second kappa shape index (κ2) is 15.2. The van der Waals surface area contributed by atoms with Crippen molar-refractivity contribution in [1.82, 2.24) is 4.90 Å². The quantitative estimate of drug-likeness (QED) is 0.168. The smallest absolute Gasteiger partial charge is 0.192 e. The summed E-state index contributed by atoms with van der Waals surface area (Å²) in [6, 6.07) is 20.9. The summed E-state index contributed by atoms with van der Waals surface area (Å²) in [4.78, 5) is 3.34. The summed E-state index contributed by atoms with van der Waals surface area (Å²) >= 11 is 3.71. The van der Waals surface area contributed by atoms with E-state index in [1.54, 1.807) is 11.3 Å². The van der Waals surface area contributed by atoms with Gasteiger partial charge in [0, 0.05) is 43.4 Å². The van der Waals surface area contributed by atoms with Crippen LogP contribution in [0.3, 0.4) is 0 Å². The van der Waals surface area contributed by atoms with Crippen LogP contribution in [0.5, 0.6) is 23.0 Å². The summed E-state index contributed by atoms with van der Waals surface area (Å²) in [5, 5.41) is 1.20. The lowest BCUT2D eigenvalue weighted by Crippen LogP contribution is -2.27. The molecule has 5 nitrogen and oxygen atoms in total. The normalized spacial score (nSPS) is 14.3. The van der Waals surface area contributed by atoms with Crippen molar-refractivity contribution in [3.05, 3.63) is 71.8 Å². The Morgan fingerprint density at radius 2 is 1.51 bits per heavy atom. The molecule has 1 unspecified atom stereocenters. The Morgan fingerprint density at radius 1 is 0.884 bits per heavy atom. The summed E-state index contributed by atoms with van der Waals surface area (Å²) in [7, 11) is 2.79. The lowest BCUT2D eigenvalue weighted by atomic mass is 9.93. The number of thiophene rings is 1. The third-order valence-electron chi connectivity index (χ3n) is 7.26. The summed E-state index contributed by atoms with van der Waals surface area (Å²) < 4.78 is 26.0. The number of ether oxygens (including phenoxy) is 2. The van der Waals surface area contributed by atoms with E-state index in [0.717, 1.165) is 40.7 Å². The molecule has 0 aliphatic carbocycles. The van der Waals surface area contributed by atoms with E-state index in [4.69, 9.17) is 16.7 Å². The first-order valence-electron chi connectivity index (χ1n) is 14.9. The average Bonchev–Trinajstić information content (AvgIpc) is 3.37. The van der Waals surface area contributed by atoms with Crippen molar-refractivity contribution >= 4 is 54.7 Å².